The molecular formula is C15H16FNO. The lowest BCUT2D eigenvalue weighted by Gasteiger charge is -2.20. The van der Waals surface area contributed by atoms with Crippen molar-refractivity contribution < 1.29 is 9.50 Å². The molecule has 1 aromatic carbocycles. The van der Waals surface area contributed by atoms with Gasteiger partial charge in [0.25, 0.3) is 0 Å². The van der Waals surface area contributed by atoms with Gasteiger partial charge in [0.15, 0.2) is 0 Å². The van der Waals surface area contributed by atoms with Crippen molar-refractivity contribution >= 4 is 0 Å². The third-order valence-corrected chi connectivity index (χ3v) is 3.18. The fraction of sp³-hybridized carbons (Fsp3) is 0.267. The van der Waals surface area contributed by atoms with Crippen LogP contribution in [-0.4, -0.2) is 10.1 Å². The topological polar surface area (TPSA) is 33.1 Å². The first kappa shape index (κ1) is 12.7. The van der Waals surface area contributed by atoms with E-state index in [0.717, 1.165) is 11.1 Å². The number of aromatic nitrogens is 1. The summed E-state index contributed by atoms with van der Waals surface area (Å²) in [5, 5.41) is 10.3. The van der Waals surface area contributed by atoms with Gasteiger partial charge in [-0.2, -0.15) is 0 Å². The minimum Gasteiger partial charge on any atom is -0.388 e. The lowest BCUT2D eigenvalue weighted by atomic mass is 9.90. The Kier molecular flexibility index (Phi) is 3.72. The zero-order valence-electron chi connectivity index (χ0n) is 10.5. The molecule has 0 aliphatic rings. The molecule has 1 aromatic heterocycles. The SMILES string of the molecule is Cc1ccc(F)c(C(O)C(C)c2ccncc2)c1. The van der Waals surface area contributed by atoms with Crippen LogP contribution in [0.15, 0.2) is 42.7 Å². The second-order valence-corrected chi connectivity index (χ2v) is 4.54. The van der Waals surface area contributed by atoms with Crippen molar-refractivity contribution in [2.45, 2.75) is 25.9 Å². The highest BCUT2D eigenvalue weighted by Gasteiger charge is 2.21. The van der Waals surface area contributed by atoms with Gasteiger partial charge in [0, 0.05) is 23.9 Å². The highest BCUT2D eigenvalue weighted by atomic mass is 19.1. The Balaban J connectivity index is 2.31. The first-order valence-electron chi connectivity index (χ1n) is 5.93. The number of aliphatic hydroxyl groups is 1. The number of benzene rings is 1. The average Bonchev–Trinajstić information content (AvgIpc) is 2.41. The van der Waals surface area contributed by atoms with E-state index in [1.54, 1.807) is 24.5 Å². The number of nitrogens with zero attached hydrogens (tertiary/aromatic N) is 1. The van der Waals surface area contributed by atoms with Crippen LogP contribution in [0.5, 0.6) is 0 Å². The van der Waals surface area contributed by atoms with Crippen LogP contribution in [0.2, 0.25) is 0 Å². The summed E-state index contributed by atoms with van der Waals surface area (Å²) in [6.07, 6.45) is 2.49. The molecule has 18 heavy (non-hydrogen) atoms. The lowest BCUT2D eigenvalue weighted by Crippen LogP contribution is -2.10. The maximum atomic E-state index is 13.7. The van der Waals surface area contributed by atoms with Crippen LogP contribution in [0.3, 0.4) is 0 Å². The van der Waals surface area contributed by atoms with Crippen LogP contribution in [-0.2, 0) is 0 Å². The quantitative estimate of drug-likeness (QED) is 0.899. The summed E-state index contributed by atoms with van der Waals surface area (Å²) in [4.78, 5) is 3.94. The molecule has 2 rings (SSSR count). The van der Waals surface area contributed by atoms with Gasteiger partial charge >= 0.3 is 0 Å². The fourth-order valence-corrected chi connectivity index (χ4v) is 2.01. The number of pyridine rings is 1. The van der Waals surface area contributed by atoms with E-state index < -0.39 is 6.10 Å². The Morgan fingerprint density at radius 3 is 2.50 bits per heavy atom. The third kappa shape index (κ3) is 2.57. The maximum Gasteiger partial charge on any atom is 0.129 e. The van der Waals surface area contributed by atoms with Gasteiger partial charge in [-0.3, -0.25) is 4.98 Å². The first-order chi connectivity index (χ1) is 8.59. The predicted molar refractivity (Wildman–Crippen MR) is 68.7 cm³/mol. The molecule has 0 saturated carbocycles. The van der Waals surface area contributed by atoms with Gasteiger partial charge in [-0.1, -0.05) is 24.6 Å². The van der Waals surface area contributed by atoms with E-state index >= 15 is 0 Å². The largest absolute Gasteiger partial charge is 0.388 e. The molecule has 2 nitrogen and oxygen atoms in total. The third-order valence-electron chi connectivity index (χ3n) is 3.18. The van der Waals surface area contributed by atoms with E-state index in [4.69, 9.17) is 0 Å². The number of aliphatic hydroxyl groups excluding tert-OH is 1. The number of hydrogen-bond donors (Lipinski definition) is 1. The number of rotatable bonds is 3. The summed E-state index contributed by atoms with van der Waals surface area (Å²) in [7, 11) is 0. The summed E-state index contributed by atoms with van der Waals surface area (Å²) < 4.78 is 13.7. The molecule has 1 N–H and O–H groups in total. The molecule has 0 fully saturated rings. The van der Waals surface area contributed by atoms with Crippen LogP contribution in [0.25, 0.3) is 0 Å². The van der Waals surface area contributed by atoms with Gasteiger partial charge in [0.2, 0.25) is 0 Å². The lowest BCUT2D eigenvalue weighted by molar-refractivity contribution is 0.147. The summed E-state index contributed by atoms with van der Waals surface area (Å²) in [6, 6.07) is 8.46. The van der Waals surface area contributed by atoms with Gasteiger partial charge in [-0.15, -0.1) is 0 Å². The summed E-state index contributed by atoms with van der Waals surface area (Å²) in [6.45, 7) is 3.76. The smallest absolute Gasteiger partial charge is 0.129 e. The molecule has 94 valence electrons. The van der Waals surface area contributed by atoms with Crippen molar-refractivity contribution in [3.63, 3.8) is 0 Å². The Morgan fingerprint density at radius 2 is 1.83 bits per heavy atom. The Morgan fingerprint density at radius 1 is 1.17 bits per heavy atom. The predicted octanol–water partition coefficient (Wildman–Crippen LogP) is 3.37. The average molecular weight is 245 g/mol. The number of aryl methyl sites for hydroxylation is 1. The second kappa shape index (κ2) is 5.27. The highest BCUT2D eigenvalue weighted by Crippen LogP contribution is 2.31. The van der Waals surface area contributed by atoms with Crippen LogP contribution >= 0.6 is 0 Å². The van der Waals surface area contributed by atoms with E-state index in [2.05, 4.69) is 4.98 Å². The number of hydrogen-bond acceptors (Lipinski definition) is 2. The molecule has 2 unspecified atom stereocenters. The normalized spacial score (nSPS) is 14.2. The first-order valence-corrected chi connectivity index (χ1v) is 5.93. The Labute approximate surface area is 106 Å². The van der Waals surface area contributed by atoms with Crippen molar-refractivity contribution in [1.29, 1.82) is 0 Å². The van der Waals surface area contributed by atoms with Crippen LogP contribution in [0.4, 0.5) is 4.39 Å². The zero-order chi connectivity index (χ0) is 13.1. The van der Waals surface area contributed by atoms with Gasteiger partial charge in [0.1, 0.15) is 5.82 Å². The molecule has 0 aliphatic heterocycles. The molecule has 0 spiro atoms. The van der Waals surface area contributed by atoms with Crippen LogP contribution in [0, 0.1) is 12.7 Å². The van der Waals surface area contributed by atoms with E-state index in [1.807, 2.05) is 26.0 Å². The molecule has 3 heteroatoms. The standard InChI is InChI=1S/C15H16FNO/c1-10-3-4-14(16)13(9-10)15(18)11(2)12-5-7-17-8-6-12/h3-9,11,15,18H,1-2H3. The van der Waals surface area contributed by atoms with Gasteiger partial charge in [0.05, 0.1) is 6.10 Å². The molecule has 2 atom stereocenters. The molecule has 0 amide bonds. The zero-order valence-corrected chi connectivity index (χ0v) is 10.5. The summed E-state index contributed by atoms with van der Waals surface area (Å²) in [5.41, 5.74) is 2.23. The molecule has 1 heterocycles. The molecule has 0 saturated heterocycles. The Bertz CT molecular complexity index is 527. The molecule has 0 aliphatic carbocycles. The van der Waals surface area contributed by atoms with E-state index in [-0.39, 0.29) is 11.7 Å². The minimum atomic E-state index is -0.854. The van der Waals surface area contributed by atoms with Crippen molar-refractivity contribution in [3.8, 4) is 0 Å². The maximum absolute atomic E-state index is 13.7. The van der Waals surface area contributed by atoms with Crippen molar-refractivity contribution in [2.24, 2.45) is 0 Å². The summed E-state index contributed by atoms with van der Waals surface area (Å²) >= 11 is 0. The van der Waals surface area contributed by atoms with E-state index in [0.29, 0.717) is 5.56 Å². The number of halogens is 1. The van der Waals surface area contributed by atoms with E-state index in [9.17, 15) is 9.50 Å². The molecule has 0 radical (unpaired) electrons. The van der Waals surface area contributed by atoms with Gasteiger partial charge in [-0.25, -0.2) is 4.39 Å². The minimum absolute atomic E-state index is 0.177. The summed E-state index contributed by atoms with van der Waals surface area (Å²) in [5.74, 6) is -0.543. The molecular weight excluding hydrogens is 229 g/mol. The van der Waals surface area contributed by atoms with Crippen LogP contribution in [0.1, 0.15) is 35.6 Å². The Hall–Kier alpha value is -1.74. The highest BCUT2D eigenvalue weighted by molar-refractivity contribution is 5.29. The van der Waals surface area contributed by atoms with Gasteiger partial charge < -0.3 is 5.11 Å². The monoisotopic (exact) mass is 245 g/mol. The molecule has 0 bridgehead atoms. The second-order valence-electron chi connectivity index (χ2n) is 4.54. The van der Waals surface area contributed by atoms with E-state index in [1.165, 1.54) is 6.07 Å². The fourth-order valence-electron chi connectivity index (χ4n) is 2.01. The van der Waals surface area contributed by atoms with Gasteiger partial charge in [-0.05, 0) is 30.7 Å². The van der Waals surface area contributed by atoms with Crippen molar-refractivity contribution in [1.82, 2.24) is 4.98 Å². The molecule has 2 aromatic rings. The van der Waals surface area contributed by atoms with Crippen LogP contribution < -0.4 is 0 Å². The van der Waals surface area contributed by atoms with Crippen molar-refractivity contribution in [2.75, 3.05) is 0 Å². The van der Waals surface area contributed by atoms with Crippen molar-refractivity contribution in [3.05, 3.63) is 65.2 Å².